The molecule has 0 bridgehead atoms. The molecule has 2 N–H and O–H groups in total. The first-order chi connectivity index (χ1) is 9.06. The molecule has 0 heterocycles. The fourth-order valence-corrected chi connectivity index (χ4v) is 1.93. The lowest BCUT2D eigenvalue weighted by Gasteiger charge is -2.13. The summed E-state index contributed by atoms with van der Waals surface area (Å²) in [5.74, 6) is -0.00860. The van der Waals surface area contributed by atoms with Gasteiger partial charge in [-0.3, -0.25) is 0 Å². The number of aryl methyl sites for hydroxylation is 1. The summed E-state index contributed by atoms with van der Waals surface area (Å²) < 4.78 is 5.26. The van der Waals surface area contributed by atoms with Gasteiger partial charge in [-0.15, -0.1) is 0 Å². The smallest absolute Gasteiger partial charge is 0.335 e. The van der Waals surface area contributed by atoms with E-state index in [4.69, 9.17) is 4.74 Å². The van der Waals surface area contributed by atoms with E-state index in [0.717, 1.165) is 11.6 Å². The maximum Gasteiger partial charge on any atom is 0.335 e. The molecular formula is C15H15NO3. The van der Waals surface area contributed by atoms with Crippen molar-refractivity contribution in [2.45, 2.75) is 6.92 Å². The molecule has 0 radical (unpaired) electrons. The van der Waals surface area contributed by atoms with Gasteiger partial charge in [-0.25, -0.2) is 4.79 Å². The number of phenols is 1. The second-order valence-corrected chi connectivity index (χ2v) is 4.20. The van der Waals surface area contributed by atoms with Crippen LogP contribution in [0.1, 0.15) is 5.56 Å². The van der Waals surface area contributed by atoms with Crippen LogP contribution in [0.25, 0.3) is 10.8 Å². The summed E-state index contributed by atoms with van der Waals surface area (Å²) in [6, 6.07) is 7.09. The van der Waals surface area contributed by atoms with E-state index in [9.17, 15) is 9.90 Å². The van der Waals surface area contributed by atoms with Gasteiger partial charge >= 0.3 is 5.97 Å². The molecular weight excluding hydrogens is 242 g/mol. The van der Waals surface area contributed by atoms with Gasteiger partial charge in [0.15, 0.2) is 5.75 Å². The number of rotatable bonds is 3. The Hall–Kier alpha value is -2.49. The molecule has 98 valence electrons. The lowest BCUT2D eigenvalue weighted by atomic mass is 10.0. The predicted octanol–water partition coefficient (Wildman–Crippen LogP) is 2.99. The third-order valence-corrected chi connectivity index (χ3v) is 2.86. The van der Waals surface area contributed by atoms with E-state index >= 15 is 0 Å². The van der Waals surface area contributed by atoms with Gasteiger partial charge in [-0.2, -0.15) is 0 Å². The molecule has 0 saturated heterocycles. The molecule has 0 aliphatic rings. The number of phenolic OH excluding ortho intramolecular Hbond substituents is 1. The molecule has 0 aliphatic heterocycles. The molecule has 0 atom stereocenters. The first-order valence-electron chi connectivity index (χ1n) is 5.85. The van der Waals surface area contributed by atoms with Crippen LogP contribution in [0.5, 0.6) is 11.5 Å². The largest absolute Gasteiger partial charge is 0.507 e. The van der Waals surface area contributed by atoms with Crippen LogP contribution in [-0.4, -0.2) is 18.1 Å². The highest BCUT2D eigenvalue weighted by Crippen LogP contribution is 2.39. The Morgan fingerprint density at radius 1 is 1.37 bits per heavy atom. The number of carbonyl (C=O) groups is 1. The number of hydrogen-bond acceptors (Lipinski definition) is 4. The van der Waals surface area contributed by atoms with Gasteiger partial charge in [0.2, 0.25) is 0 Å². The second kappa shape index (κ2) is 5.02. The Morgan fingerprint density at radius 2 is 2.11 bits per heavy atom. The van der Waals surface area contributed by atoms with Crippen LogP contribution in [0.3, 0.4) is 0 Å². The minimum absolute atomic E-state index is 0.140. The Morgan fingerprint density at radius 3 is 2.74 bits per heavy atom. The number of ether oxygens (including phenoxy) is 1. The van der Waals surface area contributed by atoms with Crippen LogP contribution in [0.2, 0.25) is 0 Å². The topological polar surface area (TPSA) is 58.6 Å². The average molecular weight is 257 g/mol. The summed E-state index contributed by atoms with van der Waals surface area (Å²) in [6.07, 6.45) is 1.10. The third-order valence-electron chi connectivity index (χ3n) is 2.86. The number of aromatic hydroxyl groups is 1. The molecule has 0 spiro atoms. The van der Waals surface area contributed by atoms with E-state index in [0.29, 0.717) is 22.2 Å². The van der Waals surface area contributed by atoms with Gasteiger partial charge in [0.25, 0.3) is 0 Å². The van der Waals surface area contributed by atoms with E-state index in [-0.39, 0.29) is 5.75 Å². The number of benzene rings is 2. The summed E-state index contributed by atoms with van der Waals surface area (Å²) in [6.45, 7) is 5.31. The maximum atomic E-state index is 11.4. The summed E-state index contributed by atoms with van der Waals surface area (Å²) in [5, 5.41) is 14.2. The number of anilines is 1. The number of fused-ring (bicyclic) bond motifs is 1. The molecule has 0 unspecified atom stereocenters. The van der Waals surface area contributed by atoms with Gasteiger partial charge in [0.05, 0.1) is 5.69 Å². The second-order valence-electron chi connectivity index (χ2n) is 4.20. The van der Waals surface area contributed by atoms with Crippen molar-refractivity contribution in [2.75, 3.05) is 12.4 Å². The molecule has 0 aliphatic carbocycles. The standard InChI is InChI=1S/C15H15NO3/c1-4-14(18)19-15-10-6-5-9(2)7-11(10)13(17)8-12(15)16-3/h4-8,16-17H,1H2,2-3H3. The van der Waals surface area contributed by atoms with E-state index in [1.807, 2.05) is 25.1 Å². The van der Waals surface area contributed by atoms with Gasteiger partial charge in [0, 0.05) is 30.0 Å². The molecule has 0 amide bonds. The van der Waals surface area contributed by atoms with E-state index in [1.54, 1.807) is 7.05 Å². The fraction of sp³-hybridized carbons (Fsp3) is 0.133. The van der Waals surface area contributed by atoms with Crippen molar-refractivity contribution >= 4 is 22.4 Å². The highest BCUT2D eigenvalue weighted by atomic mass is 16.5. The summed E-state index contributed by atoms with van der Waals surface area (Å²) in [4.78, 5) is 11.4. The quantitative estimate of drug-likeness (QED) is 0.504. The highest BCUT2D eigenvalue weighted by molar-refractivity contribution is 6.00. The Bertz CT molecular complexity index is 662. The normalized spacial score (nSPS) is 10.2. The molecule has 4 heteroatoms. The van der Waals surface area contributed by atoms with Crippen LogP contribution in [0.4, 0.5) is 5.69 Å². The molecule has 0 saturated carbocycles. The van der Waals surface area contributed by atoms with Gasteiger partial charge in [0.1, 0.15) is 5.75 Å². The van der Waals surface area contributed by atoms with Crippen LogP contribution in [0, 0.1) is 6.92 Å². The molecule has 0 fully saturated rings. The lowest BCUT2D eigenvalue weighted by Crippen LogP contribution is -2.06. The SMILES string of the molecule is C=CC(=O)Oc1c(NC)cc(O)c2cc(C)ccc12. The summed E-state index contributed by atoms with van der Waals surface area (Å²) in [7, 11) is 1.69. The van der Waals surface area contributed by atoms with Crippen LogP contribution in [0.15, 0.2) is 36.9 Å². The molecule has 19 heavy (non-hydrogen) atoms. The Kier molecular flexibility index (Phi) is 3.42. The highest BCUT2D eigenvalue weighted by Gasteiger charge is 2.14. The molecule has 2 rings (SSSR count). The van der Waals surface area contributed by atoms with E-state index in [2.05, 4.69) is 11.9 Å². The first kappa shape index (κ1) is 13.0. The number of nitrogens with one attached hydrogen (secondary N) is 1. The monoisotopic (exact) mass is 257 g/mol. The van der Waals surface area contributed by atoms with Crippen molar-refractivity contribution in [1.82, 2.24) is 0 Å². The molecule has 0 aromatic heterocycles. The predicted molar refractivity (Wildman–Crippen MR) is 75.7 cm³/mol. The van der Waals surface area contributed by atoms with Crippen molar-refractivity contribution < 1.29 is 14.6 Å². The zero-order valence-corrected chi connectivity index (χ0v) is 10.9. The zero-order valence-electron chi connectivity index (χ0n) is 10.9. The minimum Gasteiger partial charge on any atom is -0.507 e. The Labute approximate surface area is 111 Å². The van der Waals surface area contributed by atoms with E-state index in [1.165, 1.54) is 6.07 Å². The van der Waals surface area contributed by atoms with Gasteiger partial charge < -0.3 is 15.2 Å². The number of esters is 1. The minimum atomic E-state index is -0.538. The average Bonchev–Trinajstić information content (AvgIpc) is 2.41. The van der Waals surface area contributed by atoms with Crippen LogP contribution < -0.4 is 10.1 Å². The van der Waals surface area contributed by atoms with Crippen LogP contribution in [-0.2, 0) is 4.79 Å². The molecule has 2 aromatic rings. The fourth-order valence-electron chi connectivity index (χ4n) is 1.93. The third kappa shape index (κ3) is 2.38. The van der Waals surface area contributed by atoms with Crippen LogP contribution >= 0.6 is 0 Å². The van der Waals surface area contributed by atoms with Gasteiger partial charge in [-0.05, 0) is 13.0 Å². The number of hydrogen-bond donors (Lipinski definition) is 2. The van der Waals surface area contributed by atoms with Gasteiger partial charge in [-0.1, -0.05) is 24.3 Å². The molecule has 2 aromatic carbocycles. The molecule has 4 nitrogen and oxygen atoms in total. The van der Waals surface area contributed by atoms with Crippen molar-refractivity contribution in [3.8, 4) is 11.5 Å². The zero-order chi connectivity index (χ0) is 14.0. The van der Waals surface area contributed by atoms with Crippen molar-refractivity contribution in [3.05, 3.63) is 42.5 Å². The maximum absolute atomic E-state index is 11.4. The first-order valence-corrected chi connectivity index (χ1v) is 5.85. The Balaban J connectivity index is 2.74. The van der Waals surface area contributed by atoms with Crippen molar-refractivity contribution in [3.63, 3.8) is 0 Å². The summed E-state index contributed by atoms with van der Waals surface area (Å²) >= 11 is 0. The summed E-state index contributed by atoms with van der Waals surface area (Å²) in [5.41, 5.74) is 1.56. The van der Waals surface area contributed by atoms with E-state index < -0.39 is 5.97 Å². The lowest BCUT2D eigenvalue weighted by molar-refractivity contribution is -0.128. The van der Waals surface area contributed by atoms with Crippen molar-refractivity contribution in [1.29, 1.82) is 0 Å². The van der Waals surface area contributed by atoms with Crippen molar-refractivity contribution in [2.24, 2.45) is 0 Å². The number of carbonyl (C=O) groups excluding carboxylic acids is 1.